The number of pyridine rings is 1. The molecule has 3 rings (SSSR count). The number of aromatic nitrogens is 2. The summed E-state index contributed by atoms with van der Waals surface area (Å²) in [6.45, 7) is 5.35. The molecule has 0 aliphatic heterocycles. The van der Waals surface area contributed by atoms with Crippen molar-refractivity contribution in [3.63, 3.8) is 0 Å². The SMILES string of the molecule is CC(C)OCCCNC(=O)CCc1cc2c(cn1)[nH]c1ccccc12. The monoisotopic (exact) mass is 339 g/mol. The van der Waals surface area contributed by atoms with E-state index in [1.807, 2.05) is 32.2 Å². The molecule has 132 valence electrons. The van der Waals surface area contributed by atoms with Crippen LogP contribution in [0.3, 0.4) is 0 Å². The van der Waals surface area contributed by atoms with Crippen molar-refractivity contribution in [1.82, 2.24) is 15.3 Å². The molecule has 0 bridgehead atoms. The highest BCUT2D eigenvalue weighted by molar-refractivity contribution is 6.06. The van der Waals surface area contributed by atoms with E-state index in [0.717, 1.165) is 28.5 Å². The van der Waals surface area contributed by atoms with Crippen molar-refractivity contribution < 1.29 is 9.53 Å². The predicted octanol–water partition coefficient (Wildman–Crippen LogP) is 3.58. The summed E-state index contributed by atoms with van der Waals surface area (Å²) in [6, 6.07) is 10.3. The van der Waals surface area contributed by atoms with Crippen molar-refractivity contribution in [2.45, 2.75) is 39.2 Å². The molecule has 3 aromatic rings. The Bertz CT molecular complexity index is 854. The molecule has 1 aromatic carbocycles. The van der Waals surface area contributed by atoms with E-state index in [1.54, 1.807) is 0 Å². The number of aryl methyl sites for hydroxylation is 1. The molecule has 25 heavy (non-hydrogen) atoms. The van der Waals surface area contributed by atoms with E-state index in [1.165, 1.54) is 5.39 Å². The quantitative estimate of drug-likeness (QED) is 0.617. The topological polar surface area (TPSA) is 67.0 Å². The van der Waals surface area contributed by atoms with Gasteiger partial charge in [0.25, 0.3) is 0 Å². The van der Waals surface area contributed by atoms with E-state index >= 15 is 0 Å². The minimum absolute atomic E-state index is 0.0605. The summed E-state index contributed by atoms with van der Waals surface area (Å²) in [7, 11) is 0. The molecular formula is C20H25N3O2. The number of H-pyrrole nitrogens is 1. The molecule has 0 saturated carbocycles. The number of hydrogen-bond donors (Lipinski definition) is 2. The van der Waals surface area contributed by atoms with Crippen LogP contribution in [0.1, 0.15) is 32.4 Å². The zero-order valence-corrected chi connectivity index (χ0v) is 14.8. The van der Waals surface area contributed by atoms with Gasteiger partial charge in [0.05, 0.1) is 17.8 Å². The zero-order valence-electron chi connectivity index (χ0n) is 14.8. The van der Waals surface area contributed by atoms with Gasteiger partial charge in [0.1, 0.15) is 0 Å². The van der Waals surface area contributed by atoms with E-state index in [9.17, 15) is 4.79 Å². The number of ether oxygens (including phenoxy) is 1. The molecule has 5 nitrogen and oxygen atoms in total. The number of carbonyl (C=O) groups is 1. The smallest absolute Gasteiger partial charge is 0.220 e. The minimum atomic E-state index is 0.0605. The van der Waals surface area contributed by atoms with Crippen LogP contribution < -0.4 is 5.32 Å². The van der Waals surface area contributed by atoms with Crippen molar-refractivity contribution in [2.24, 2.45) is 0 Å². The predicted molar refractivity (Wildman–Crippen MR) is 101 cm³/mol. The Morgan fingerprint density at radius 3 is 2.92 bits per heavy atom. The Morgan fingerprint density at radius 1 is 1.24 bits per heavy atom. The number of para-hydroxylation sites is 1. The van der Waals surface area contributed by atoms with Crippen LogP contribution in [0.25, 0.3) is 21.8 Å². The van der Waals surface area contributed by atoms with Crippen LogP contribution in [0.15, 0.2) is 36.5 Å². The number of fused-ring (bicyclic) bond motifs is 3. The normalized spacial score (nSPS) is 11.5. The maximum atomic E-state index is 12.0. The van der Waals surface area contributed by atoms with Crippen LogP contribution in [0.5, 0.6) is 0 Å². The number of aromatic amines is 1. The third-order valence-electron chi connectivity index (χ3n) is 4.15. The average molecular weight is 339 g/mol. The highest BCUT2D eigenvalue weighted by Crippen LogP contribution is 2.25. The van der Waals surface area contributed by atoms with Crippen molar-refractivity contribution in [3.8, 4) is 0 Å². The molecule has 0 radical (unpaired) electrons. The van der Waals surface area contributed by atoms with E-state index in [-0.39, 0.29) is 12.0 Å². The Kier molecular flexibility index (Phi) is 5.66. The van der Waals surface area contributed by atoms with Crippen LogP contribution in [0.4, 0.5) is 0 Å². The molecule has 0 aliphatic rings. The number of nitrogens with one attached hydrogen (secondary N) is 2. The second kappa shape index (κ2) is 8.12. The maximum Gasteiger partial charge on any atom is 0.220 e. The number of hydrogen-bond acceptors (Lipinski definition) is 3. The van der Waals surface area contributed by atoms with Crippen LogP contribution in [-0.2, 0) is 16.0 Å². The summed E-state index contributed by atoms with van der Waals surface area (Å²) in [6.07, 6.45) is 4.02. The van der Waals surface area contributed by atoms with Crippen LogP contribution in [0, 0.1) is 0 Å². The number of nitrogens with zero attached hydrogens (tertiary/aromatic N) is 1. The lowest BCUT2D eigenvalue weighted by molar-refractivity contribution is -0.121. The van der Waals surface area contributed by atoms with Crippen LogP contribution in [-0.4, -0.2) is 35.1 Å². The molecule has 0 aliphatic carbocycles. The molecule has 0 atom stereocenters. The molecule has 5 heteroatoms. The van der Waals surface area contributed by atoms with Crippen molar-refractivity contribution in [2.75, 3.05) is 13.2 Å². The summed E-state index contributed by atoms with van der Waals surface area (Å²) >= 11 is 0. The van der Waals surface area contributed by atoms with Gasteiger partial charge in [0.2, 0.25) is 5.91 Å². The summed E-state index contributed by atoms with van der Waals surface area (Å²) in [4.78, 5) is 19.8. The first-order valence-electron chi connectivity index (χ1n) is 8.87. The van der Waals surface area contributed by atoms with Gasteiger partial charge in [0.15, 0.2) is 0 Å². The van der Waals surface area contributed by atoms with Crippen molar-refractivity contribution >= 4 is 27.7 Å². The Hall–Kier alpha value is -2.40. The molecular weight excluding hydrogens is 314 g/mol. The van der Waals surface area contributed by atoms with Gasteiger partial charge in [-0.1, -0.05) is 18.2 Å². The molecule has 0 unspecified atom stereocenters. The summed E-state index contributed by atoms with van der Waals surface area (Å²) in [5.74, 6) is 0.0605. The minimum Gasteiger partial charge on any atom is -0.379 e. The lowest BCUT2D eigenvalue weighted by Crippen LogP contribution is -2.25. The van der Waals surface area contributed by atoms with Gasteiger partial charge in [0, 0.05) is 41.6 Å². The van der Waals surface area contributed by atoms with Gasteiger partial charge in [-0.15, -0.1) is 0 Å². The Labute approximate surface area is 147 Å². The van der Waals surface area contributed by atoms with Crippen LogP contribution >= 0.6 is 0 Å². The third-order valence-corrected chi connectivity index (χ3v) is 4.15. The molecule has 2 N–H and O–H groups in total. The molecule has 0 spiro atoms. The highest BCUT2D eigenvalue weighted by atomic mass is 16.5. The van der Waals surface area contributed by atoms with Gasteiger partial charge >= 0.3 is 0 Å². The number of amides is 1. The van der Waals surface area contributed by atoms with Gasteiger partial charge < -0.3 is 15.0 Å². The second-order valence-corrected chi connectivity index (χ2v) is 6.51. The first-order chi connectivity index (χ1) is 12.1. The highest BCUT2D eigenvalue weighted by Gasteiger charge is 2.07. The van der Waals surface area contributed by atoms with Gasteiger partial charge in [-0.25, -0.2) is 0 Å². The molecule has 1 amide bonds. The first-order valence-corrected chi connectivity index (χ1v) is 8.87. The average Bonchev–Trinajstić information content (AvgIpc) is 2.97. The third kappa shape index (κ3) is 4.57. The molecule has 2 aromatic heterocycles. The largest absolute Gasteiger partial charge is 0.379 e. The molecule has 0 saturated heterocycles. The number of benzene rings is 1. The van der Waals surface area contributed by atoms with Gasteiger partial charge in [-0.05, 0) is 38.8 Å². The lowest BCUT2D eigenvalue weighted by atomic mass is 10.1. The van der Waals surface area contributed by atoms with Crippen molar-refractivity contribution in [3.05, 3.63) is 42.2 Å². The summed E-state index contributed by atoms with van der Waals surface area (Å²) in [5, 5.41) is 5.29. The lowest BCUT2D eigenvalue weighted by Gasteiger charge is -2.08. The zero-order chi connectivity index (χ0) is 17.6. The van der Waals surface area contributed by atoms with Gasteiger partial charge in [-0.3, -0.25) is 9.78 Å². The van der Waals surface area contributed by atoms with Crippen molar-refractivity contribution in [1.29, 1.82) is 0 Å². The van der Waals surface area contributed by atoms with E-state index in [2.05, 4.69) is 33.5 Å². The second-order valence-electron chi connectivity index (χ2n) is 6.51. The number of rotatable bonds is 8. The van der Waals surface area contributed by atoms with Gasteiger partial charge in [-0.2, -0.15) is 0 Å². The molecule has 0 fully saturated rings. The summed E-state index contributed by atoms with van der Waals surface area (Å²) < 4.78 is 5.46. The fraction of sp³-hybridized carbons (Fsp3) is 0.400. The van der Waals surface area contributed by atoms with E-state index in [0.29, 0.717) is 26.0 Å². The standard InChI is InChI=1S/C20H25N3O2/c1-14(2)25-11-5-10-21-20(24)9-8-15-12-17-16-6-3-4-7-18(16)23-19(17)13-22-15/h3-4,6-7,12-14,23H,5,8-11H2,1-2H3,(H,21,24). The molecule has 2 heterocycles. The maximum absolute atomic E-state index is 12.0. The van der Waals surface area contributed by atoms with E-state index in [4.69, 9.17) is 4.74 Å². The number of carbonyl (C=O) groups excluding carboxylic acids is 1. The fourth-order valence-corrected chi connectivity index (χ4v) is 2.88. The summed E-state index contributed by atoms with van der Waals surface area (Å²) in [5.41, 5.74) is 3.08. The van der Waals surface area contributed by atoms with E-state index < -0.39 is 0 Å². The Morgan fingerprint density at radius 2 is 2.08 bits per heavy atom. The fourth-order valence-electron chi connectivity index (χ4n) is 2.88. The van der Waals surface area contributed by atoms with Crippen LogP contribution in [0.2, 0.25) is 0 Å². The Balaban J connectivity index is 1.53. The first kappa shape index (κ1) is 17.4.